The molecular formula is C25H29NO7S. The van der Waals surface area contributed by atoms with Crippen LogP contribution in [0.15, 0.2) is 47.4 Å². The van der Waals surface area contributed by atoms with Crippen molar-refractivity contribution in [1.29, 1.82) is 0 Å². The summed E-state index contributed by atoms with van der Waals surface area (Å²) in [6.45, 7) is 3.15. The highest BCUT2D eigenvalue weighted by Gasteiger charge is 2.22. The van der Waals surface area contributed by atoms with Gasteiger partial charge in [-0.1, -0.05) is 31.0 Å². The van der Waals surface area contributed by atoms with Crippen molar-refractivity contribution in [3.05, 3.63) is 59.2 Å². The molecule has 9 heteroatoms. The van der Waals surface area contributed by atoms with E-state index in [1.165, 1.54) is 31.4 Å². The second kappa shape index (κ2) is 11.2. The highest BCUT2D eigenvalue weighted by molar-refractivity contribution is 7.87. The van der Waals surface area contributed by atoms with E-state index in [0.717, 1.165) is 31.2 Å². The monoisotopic (exact) mass is 487 g/mol. The molecule has 34 heavy (non-hydrogen) atoms. The average Bonchev–Trinajstić information content (AvgIpc) is 3.31. The van der Waals surface area contributed by atoms with Crippen LogP contribution >= 0.6 is 0 Å². The van der Waals surface area contributed by atoms with Crippen molar-refractivity contribution >= 4 is 28.1 Å². The number of hydrogen-bond donors (Lipinski definition) is 1. The molecule has 0 unspecified atom stereocenters. The lowest BCUT2D eigenvalue weighted by Gasteiger charge is -2.13. The maximum absolute atomic E-state index is 12.8. The predicted molar refractivity (Wildman–Crippen MR) is 127 cm³/mol. The van der Waals surface area contributed by atoms with E-state index in [9.17, 15) is 18.0 Å². The highest BCUT2D eigenvalue weighted by Crippen LogP contribution is 2.32. The van der Waals surface area contributed by atoms with Gasteiger partial charge in [0.25, 0.3) is 5.91 Å². The fourth-order valence-corrected chi connectivity index (χ4v) is 4.94. The topological polar surface area (TPSA) is 108 Å². The first-order valence-corrected chi connectivity index (χ1v) is 12.4. The van der Waals surface area contributed by atoms with Crippen LogP contribution in [0.25, 0.3) is 6.08 Å². The Hall–Kier alpha value is -3.33. The van der Waals surface area contributed by atoms with Crippen molar-refractivity contribution in [2.24, 2.45) is 0 Å². The van der Waals surface area contributed by atoms with E-state index >= 15 is 0 Å². The Labute approximate surface area is 200 Å². The van der Waals surface area contributed by atoms with E-state index < -0.39 is 16.1 Å². The molecule has 0 atom stereocenters. The SMILES string of the molecule is COc1cc(/C=C/C(=O)OCC(=O)NC2CCCC2)ccc1OS(=O)(=O)c1cc(C)ccc1C. The molecule has 0 spiro atoms. The van der Waals surface area contributed by atoms with Crippen LogP contribution in [0.5, 0.6) is 11.5 Å². The molecule has 1 saturated carbocycles. The van der Waals surface area contributed by atoms with Crippen molar-refractivity contribution in [2.45, 2.75) is 50.5 Å². The first-order chi connectivity index (χ1) is 16.2. The average molecular weight is 488 g/mol. The first kappa shape index (κ1) is 25.3. The third-order valence-corrected chi connectivity index (χ3v) is 6.86. The molecule has 1 fully saturated rings. The predicted octanol–water partition coefficient (Wildman–Crippen LogP) is 3.69. The molecule has 3 rings (SSSR count). The number of amides is 1. The second-order valence-electron chi connectivity index (χ2n) is 8.21. The Bertz CT molecular complexity index is 1180. The van der Waals surface area contributed by atoms with Crippen molar-refractivity contribution in [3.8, 4) is 11.5 Å². The summed E-state index contributed by atoms with van der Waals surface area (Å²) in [6.07, 6.45) is 6.75. The molecule has 0 heterocycles. The Morgan fingerprint density at radius 3 is 2.50 bits per heavy atom. The van der Waals surface area contributed by atoms with Gasteiger partial charge in [-0.05, 0) is 67.7 Å². The van der Waals surface area contributed by atoms with Gasteiger partial charge in [0.05, 0.1) is 7.11 Å². The van der Waals surface area contributed by atoms with E-state index in [1.807, 2.05) is 6.07 Å². The summed E-state index contributed by atoms with van der Waals surface area (Å²) in [5.74, 6) is -0.785. The van der Waals surface area contributed by atoms with Gasteiger partial charge in [-0.15, -0.1) is 0 Å². The van der Waals surface area contributed by atoms with Gasteiger partial charge in [0.1, 0.15) is 4.90 Å². The zero-order valence-corrected chi connectivity index (χ0v) is 20.3. The van der Waals surface area contributed by atoms with Gasteiger partial charge in [0.2, 0.25) is 0 Å². The zero-order valence-electron chi connectivity index (χ0n) is 19.5. The molecule has 182 valence electrons. The standard InChI is InChI=1S/C25H29NO7S/c1-17-8-9-18(2)23(14-17)34(29,30)33-21-12-10-19(15-22(21)31-3)11-13-25(28)32-16-24(27)26-20-6-4-5-7-20/h8-15,20H,4-7,16H2,1-3H3,(H,26,27)/b13-11+. The summed E-state index contributed by atoms with van der Waals surface area (Å²) < 4.78 is 41.2. The van der Waals surface area contributed by atoms with E-state index in [0.29, 0.717) is 11.1 Å². The van der Waals surface area contributed by atoms with Gasteiger partial charge in [0, 0.05) is 12.1 Å². The summed E-state index contributed by atoms with van der Waals surface area (Å²) in [5, 5.41) is 2.85. The number of hydrogen-bond acceptors (Lipinski definition) is 7. The van der Waals surface area contributed by atoms with Crippen LogP contribution in [0.1, 0.15) is 42.4 Å². The highest BCUT2D eigenvalue weighted by atomic mass is 32.2. The van der Waals surface area contributed by atoms with Crippen molar-refractivity contribution in [3.63, 3.8) is 0 Å². The summed E-state index contributed by atoms with van der Waals surface area (Å²) in [6, 6.07) is 9.80. The summed E-state index contributed by atoms with van der Waals surface area (Å²) >= 11 is 0. The smallest absolute Gasteiger partial charge is 0.339 e. The number of nitrogens with one attached hydrogen (secondary N) is 1. The van der Waals surface area contributed by atoms with Crippen LogP contribution < -0.4 is 14.2 Å². The fourth-order valence-electron chi connectivity index (χ4n) is 3.68. The number of aryl methyl sites for hydroxylation is 2. The number of carbonyl (C=O) groups excluding carboxylic acids is 2. The number of carbonyl (C=O) groups is 2. The van der Waals surface area contributed by atoms with Gasteiger partial charge in [-0.3, -0.25) is 4.79 Å². The lowest BCUT2D eigenvalue weighted by atomic mass is 10.2. The molecule has 1 aliphatic carbocycles. The molecule has 0 saturated heterocycles. The summed E-state index contributed by atoms with van der Waals surface area (Å²) in [7, 11) is -2.69. The minimum absolute atomic E-state index is 0.0201. The zero-order chi connectivity index (χ0) is 24.7. The number of rotatable bonds is 9. The minimum atomic E-state index is -4.07. The van der Waals surface area contributed by atoms with E-state index in [1.54, 1.807) is 32.0 Å². The van der Waals surface area contributed by atoms with Gasteiger partial charge >= 0.3 is 16.1 Å². The summed E-state index contributed by atoms with van der Waals surface area (Å²) in [5.41, 5.74) is 1.92. The summed E-state index contributed by atoms with van der Waals surface area (Å²) in [4.78, 5) is 23.9. The van der Waals surface area contributed by atoms with Crippen molar-refractivity contribution in [1.82, 2.24) is 5.32 Å². The minimum Gasteiger partial charge on any atom is -0.493 e. The molecule has 2 aromatic carbocycles. The largest absolute Gasteiger partial charge is 0.493 e. The third-order valence-electron chi connectivity index (χ3n) is 5.48. The van der Waals surface area contributed by atoms with Gasteiger partial charge in [-0.2, -0.15) is 8.42 Å². The van der Waals surface area contributed by atoms with Gasteiger partial charge in [-0.25, -0.2) is 4.79 Å². The van der Waals surface area contributed by atoms with Crippen LogP contribution in [0, 0.1) is 13.8 Å². The van der Waals surface area contributed by atoms with Crippen LogP contribution in [-0.2, 0) is 24.4 Å². The normalized spacial score (nSPS) is 14.2. The third kappa shape index (κ3) is 6.84. The lowest BCUT2D eigenvalue weighted by molar-refractivity contribution is -0.144. The second-order valence-corrected chi connectivity index (χ2v) is 9.72. The van der Waals surface area contributed by atoms with Gasteiger partial charge in [0.15, 0.2) is 18.1 Å². The molecule has 0 bridgehead atoms. The Morgan fingerprint density at radius 1 is 1.06 bits per heavy atom. The van der Waals surface area contributed by atoms with Gasteiger partial charge < -0.3 is 19.0 Å². The van der Waals surface area contributed by atoms with Crippen LogP contribution in [-0.4, -0.2) is 40.1 Å². The molecule has 0 aromatic heterocycles. The number of methoxy groups -OCH3 is 1. The molecule has 0 radical (unpaired) electrons. The van der Waals surface area contributed by atoms with Crippen molar-refractivity contribution < 1.29 is 31.7 Å². The van der Waals surface area contributed by atoms with Crippen LogP contribution in [0.3, 0.4) is 0 Å². The van der Waals surface area contributed by atoms with Crippen molar-refractivity contribution in [2.75, 3.05) is 13.7 Å². The Morgan fingerprint density at radius 2 is 1.79 bits per heavy atom. The van der Waals surface area contributed by atoms with Crippen LogP contribution in [0.4, 0.5) is 0 Å². The van der Waals surface area contributed by atoms with Crippen LogP contribution in [0.2, 0.25) is 0 Å². The molecule has 1 N–H and O–H groups in total. The lowest BCUT2D eigenvalue weighted by Crippen LogP contribution is -2.35. The van der Waals surface area contributed by atoms with E-state index in [-0.39, 0.29) is 35.0 Å². The number of ether oxygens (including phenoxy) is 2. The molecule has 2 aromatic rings. The fraction of sp³-hybridized carbons (Fsp3) is 0.360. The Balaban J connectivity index is 1.62. The quantitative estimate of drug-likeness (QED) is 0.326. The molecule has 1 aliphatic rings. The molecular weight excluding hydrogens is 458 g/mol. The maximum Gasteiger partial charge on any atom is 0.339 e. The molecule has 0 aliphatic heterocycles. The first-order valence-electron chi connectivity index (χ1n) is 11.0. The molecule has 1 amide bonds. The Kier molecular flexibility index (Phi) is 8.33. The molecule has 8 nitrogen and oxygen atoms in total. The number of esters is 1. The maximum atomic E-state index is 12.8. The number of benzene rings is 2. The van der Waals surface area contributed by atoms with E-state index in [4.69, 9.17) is 13.7 Å². The van der Waals surface area contributed by atoms with E-state index in [2.05, 4.69) is 5.32 Å².